The van der Waals surface area contributed by atoms with Crippen LogP contribution in [0.4, 0.5) is 0 Å². The van der Waals surface area contributed by atoms with E-state index in [1.807, 2.05) is 35.2 Å². The van der Waals surface area contributed by atoms with Gasteiger partial charge in [-0.2, -0.15) is 4.98 Å². The number of amides is 1. The lowest BCUT2D eigenvalue weighted by Gasteiger charge is -2.25. The summed E-state index contributed by atoms with van der Waals surface area (Å²) in [5.41, 5.74) is 3.46. The number of carbonyl (C=O) groups is 1. The normalized spacial score (nSPS) is 21.2. The van der Waals surface area contributed by atoms with Crippen LogP contribution in [-0.4, -0.2) is 34.6 Å². The first-order chi connectivity index (χ1) is 13.7. The van der Waals surface area contributed by atoms with Crippen molar-refractivity contribution >= 4 is 5.91 Å². The van der Waals surface area contributed by atoms with Crippen molar-refractivity contribution in [1.29, 1.82) is 0 Å². The highest BCUT2D eigenvalue weighted by Gasteiger charge is 2.40. The first-order valence-corrected chi connectivity index (χ1v) is 9.58. The summed E-state index contributed by atoms with van der Waals surface area (Å²) in [5.74, 6) is 1.89. The number of methoxy groups -OCH3 is 1. The van der Waals surface area contributed by atoms with Crippen molar-refractivity contribution in [2.75, 3.05) is 13.7 Å². The molecule has 6 nitrogen and oxygen atoms in total. The highest BCUT2D eigenvalue weighted by Crippen LogP contribution is 2.40. The van der Waals surface area contributed by atoms with E-state index >= 15 is 0 Å². The Morgan fingerprint density at radius 3 is 2.96 bits per heavy atom. The number of hydrogen-bond acceptors (Lipinski definition) is 5. The fraction of sp³-hybridized carbons (Fsp3) is 0.318. The molecule has 0 spiro atoms. The standard InChI is InChI=1S/C22H21N3O3/c1-27-17-7-4-6-15(11-17)21-23-22(28-24-21)16-12-20(26)25(13-16)19-10-9-14-5-2-3-8-18(14)19/h2-8,11,16,19H,9-10,12-13H2,1H3. The largest absolute Gasteiger partial charge is 0.497 e. The van der Waals surface area contributed by atoms with Crippen molar-refractivity contribution in [2.45, 2.75) is 31.2 Å². The summed E-state index contributed by atoms with van der Waals surface area (Å²) in [4.78, 5) is 19.3. The minimum absolute atomic E-state index is 0.0629. The van der Waals surface area contributed by atoms with Gasteiger partial charge in [0, 0.05) is 18.5 Å². The highest BCUT2D eigenvalue weighted by atomic mass is 16.5. The van der Waals surface area contributed by atoms with Gasteiger partial charge >= 0.3 is 0 Å². The molecule has 1 amide bonds. The lowest BCUT2D eigenvalue weighted by atomic mass is 10.1. The number of aromatic nitrogens is 2. The van der Waals surface area contributed by atoms with E-state index in [1.54, 1.807) is 7.11 Å². The van der Waals surface area contributed by atoms with Crippen LogP contribution in [0.1, 0.15) is 41.8 Å². The molecule has 1 saturated heterocycles. The zero-order valence-electron chi connectivity index (χ0n) is 15.7. The lowest BCUT2D eigenvalue weighted by Crippen LogP contribution is -2.28. The maximum atomic E-state index is 12.7. The molecule has 0 N–H and O–H groups in total. The summed E-state index contributed by atoms with van der Waals surface area (Å²) in [6.45, 7) is 0.623. The van der Waals surface area contributed by atoms with Crippen molar-refractivity contribution in [3.63, 3.8) is 0 Å². The molecule has 2 heterocycles. The second kappa shape index (κ2) is 6.78. The maximum absolute atomic E-state index is 12.7. The predicted molar refractivity (Wildman–Crippen MR) is 103 cm³/mol. The van der Waals surface area contributed by atoms with Gasteiger partial charge in [-0.25, -0.2) is 0 Å². The average Bonchev–Trinajstić information content (AvgIpc) is 3.46. The quantitative estimate of drug-likeness (QED) is 0.695. The summed E-state index contributed by atoms with van der Waals surface area (Å²) < 4.78 is 10.8. The van der Waals surface area contributed by atoms with Gasteiger partial charge in [0.25, 0.3) is 0 Å². The Hall–Kier alpha value is -3.15. The first kappa shape index (κ1) is 17.0. The third-order valence-corrected chi connectivity index (χ3v) is 5.75. The Balaban J connectivity index is 1.36. The van der Waals surface area contributed by atoms with Crippen LogP contribution < -0.4 is 4.74 Å². The van der Waals surface area contributed by atoms with Crippen molar-refractivity contribution < 1.29 is 14.1 Å². The van der Waals surface area contributed by atoms with Gasteiger partial charge in [0.05, 0.1) is 19.1 Å². The molecule has 0 radical (unpaired) electrons. The van der Waals surface area contributed by atoms with Gasteiger partial charge in [0.1, 0.15) is 5.75 Å². The summed E-state index contributed by atoms with van der Waals surface area (Å²) in [6.07, 6.45) is 2.42. The Kier molecular flexibility index (Phi) is 4.11. The number of aryl methyl sites for hydroxylation is 1. The molecule has 28 heavy (non-hydrogen) atoms. The van der Waals surface area contributed by atoms with Crippen molar-refractivity contribution in [2.24, 2.45) is 0 Å². The van der Waals surface area contributed by atoms with E-state index in [9.17, 15) is 4.79 Å². The minimum atomic E-state index is -0.0629. The van der Waals surface area contributed by atoms with Crippen LogP contribution in [0.3, 0.4) is 0 Å². The number of benzene rings is 2. The van der Waals surface area contributed by atoms with Crippen LogP contribution in [0.15, 0.2) is 53.1 Å². The van der Waals surface area contributed by atoms with Gasteiger partial charge in [-0.15, -0.1) is 0 Å². The molecule has 3 aromatic rings. The molecule has 1 aromatic heterocycles. The molecule has 5 rings (SSSR count). The van der Waals surface area contributed by atoms with Crippen molar-refractivity contribution in [3.05, 3.63) is 65.5 Å². The number of carbonyl (C=O) groups excluding carboxylic acids is 1. The number of nitrogens with zero attached hydrogens (tertiary/aromatic N) is 3. The molecule has 6 heteroatoms. The van der Waals surface area contributed by atoms with Crippen molar-refractivity contribution in [1.82, 2.24) is 15.0 Å². The highest BCUT2D eigenvalue weighted by molar-refractivity contribution is 5.80. The first-order valence-electron chi connectivity index (χ1n) is 9.58. The summed E-state index contributed by atoms with van der Waals surface area (Å²) in [7, 11) is 1.63. The third kappa shape index (κ3) is 2.85. The van der Waals surface area contributed by atoms with E-state index in [0.717, 1.165) is 24.2 Å². The molecule has 1 aliphatic heterocycles. The Morgan fingerprint density at radius 2 is 2.07 bits per heavy atom. The molecule has 0 saturated carbocycles. The van der Waals surface area contributed by atoms with Gasteiger partial charge in [0.15, 0.2) is 0 Å². The van der Waals surface area contributed by atoms with Gasteiger partial charge in [-0.1, -0.05) is 41.6 Å². The molecule has 0 bridgehead atoms. The summed E-state index contributed by atoms with van der Waals surface area (Å²) in [5, 5.41) is 4.12. The SMILES string of the molecule is COc1cccc(-c2noc(C3CC(=O)N(C4CCc5ccccc54)C3)n2)c1. The van der Waals surface area contributed by atoms with Crippen LogP contribution in [0.25, 0.3) is 11.4 Å². The molecule has 142 valence electrons. The minimum Gasteiger partial charge on any atom is -0.497 e. The maximum Gasteiger partial charge on any atom is 0.232 e. The molecular formula is C22H21N3O3. The van der Waals surface area contributed by atoms with Gasteiger partial charge in [0.2, 0.25) is 17.6 Å². The van der Waals surface area contributed by atoms with Gasteiger partial charge in [-0.05, 0) is 36.1 Å². The molecule has 2 unspecified atom stereocenters. The summed E-state index contributed by atoms with van der Waals surface area (Å²) in [6, 6.07) is 16.1. The van der Waals surface area contributed by atoms with Gasteiger partial charge in [-0.3, -0.25) is 4.79 Å². The number of rotatable bonds is 4. The number of hydrogen-bond donors (Lipinski definition) is 0. The molecule has 2 aliphatic rings. The molecule has 2 aromatic carbocycles. The number of ether oxygens (including phenoxy) is 1. The van der Waals surface area contributed by atoms with E-state index in [4.69, 9.17) is 9.26 Å². The van der Waals surface area contributed by atoms with Crippen molar-refractivity contribution in [3.8, 4) is 17.1 Å². The zero-order valence-corrected chi connectivity index (χ0v) is 15.7. The van der Waals surface area contributed by atoms with Crippen LogP contribution in [-0.2, 0) is 11.2 Å². The van der Waals surface area contributed by atoms with E-state index in [-0.39, 0.29) is 17.9 Å². The summed E-state index contributed by atoms with van der Waals surface area (Å²) >= 11 is 0. The van der Waals surface area contributed by atoms with Crippen LogP contribution >= 0.6 is 0 Å². The van der Waals surface area contributed by atoms with E-state index in [0.29, 0.717) is 24.7 Å². The van der Waals surface area contributed by atoms with Crippen LogP contribution in [0, 0.1) is 0 Å². The number of fused-ring (bicyclic) bond motifs is 1. The van der Waals surface area contributed by atoms with Crippen LogP contribution in [0.2, 0.25) is 0 Å². The van der Waals surface area contributed by atoms with E-state index in [1.165, 1.54) is 11.1 Å². The number of likely N-dealkylation sites (tertiary alicyclic amines) is 1. The van der Waals surface area contributed by atoms with E-state index < -0.39 is 0 Å². The lowest BCUT2D eigenvalue weighted by molar-refractivity contribution is -0.129. The second-order valence-electron chi connectivity index (χ2n) is 7.39. The van der Waals surface area contributed by atoms with E-state index in [2.05, 4.69) is 28.3 Å². The van der Waals surface area contributed by atoms with Crippen LogP contribution in [0.5, 0.6) is 5.75 Å². The average molecular weight is 375 g/mol. The Morgan fingerprint density at radius 1 is 1.18 bits per heavy atom. The second-order valence-corrected chi connectivity index (χ2v) is 7.39. The third-order valence-electron chi connectivity index (χ3n) is 5.75. The molecule has 1 fully saturated rings. The molecule has 2 atom stereocenters. The Bertz CT molecular complexity index is 1030. The Labute approximate surface area is 163 Å². The monoisotopic (exact) mass is 375 g/mol. The smallest absolute Gasteiger partial charge is 0.232 e. The molecular weight excluding hydrogens is 354 g/mol. The predicted octanol–water partition coefficient (Wildman–Crippen LogP) is 3.75. The topological polar surface area (TPSA) is 68.5 Å². The fourth-order valence-electron chi connectivity index (χ4n) is 4.34. The van der Waals surface area contributed by atoms with Gasteiger partial charge < -0.3 is 14.2 Å². The zero-order chi connectivity index (χ0) is 19.1. The molecule has 1 aliphatic carbocycles. The fourth-order valence-corrected chi connectivity index (χ4v) is 4.34.